The number of amides is 1. The van der Waals surface area contributed by atoms with E-state index in [0.29, 0.717) is 6.04 Å². The van der Waals surface area contributed by atoms with E-state index in [1.165, 1.54) is 64.2 Å². The Bertz CT molecular complexity index is 273. The summed E-state index contributed by atoms with van der Waals surface area (Å²) in [7, 11) is 0. The highest BCUT2D eigenvalue weighted by Gasteiger charge is 2.19. The first-order valence-corrected chi connectivity index (χ1v) is 8.77. The third-order valence-electron chi connectivity index (χ3n) is 4.15. The van der Waals surface area contributed by atoms with Gasteiger partial charge in [0.2, 0.25) is 5.91 Å². The third-order valence-corrected chi connectivity index (χ3v) is 4.15. The van der Waals surface area contributed by atoms with Gasteiger partial charge in [-0.15, -0.1) is 0 Å². The van der Waals surface area contributed by atoms with Crippen LogP contribution in [0.4, 0.5) is 0 Å². The molecule has 116 valence electrons. The number of unbranched alkanes of at least 4 members (excludes halogenated alkanes) is 8. The molecule has 1 amide bonds. The number of carbonyl (C=O) groups excluding carboxylic acids is 1. The summed E-state index contributed by atoms with van der Waals surface area (Å²) in [6.07, 6.45) is 20.9. The highest BCUT2D eigenvalue weighted by atomic mass is 16.1. The van der Waals surface area contributed by atoms with Crippen LogP contribution in [0, 0.1) is 0 Å². The summed E-state index contributed by atoms with van der Waals surface area (Å²) in [5.74, 6) is 0.244. The van der Waals surface area contributed by atoms with Crippen molar-refractivity contribution in [2.45, 2.75) is 96.4 Å². The molecule has 0 aromatic rings. The lowest BCUT2D eigenvalue weighted by Gasteiger charge is -2.08. The molecule has 20 heavy (non-hydrogen) atoms. The Morgan fingerprint density at radius 2 is 1.65 bits per heavy atom. The maximum Gasteiger partial charge on any atom is 0.220 e. The van der Waals surface area contributed by atoms with E-state index in [1.807, 2.05) is 0 Å². The molecule has 1 atom stereocenters. The van der Waals surface area contributed by atoms with E-state index in [2.05, 4.69) is 24.4 Å². The Hall–Kier alpha value is -0.790. The summed E-state index contributed by atoms with van der Waals surface area (Å²) in [6, 6.07) is 0.467. The molecule has 2 nitrogen and oxygen atoms in total. The Balaban J connectivity index is 1.79. The molecule has 0 aromatic carbocycles. The van der Waals surface area contributed by atoms with Gasteiger partial charge in [0.1, 0.15) is 0 Å². The SMILES string of the molecule is CCCCCCCC/C=C\CCCC[C@@H]1CCC(=O)N1. The number of hydrogen-bond donors (Lipinski definition) is 1. The van der Waals surface area contributed by atoms with Crippen molar-refractivity contribution in [2.75, 3.05) is 0 Å². The highest BCUT2D eigenvalue weighted by molar-refractivity contribution is 5.78. The van der Waals surface area contributed by atoms with Crippen molar-refractivity contribution < 1.29 is 4.79 Å². The highest BCUT2D eigenvalue weighted by Crippen LogP contribution is 2.14. The van der Waals surface area contributed by atoms with E-state index in [9.17, 15) is 4.79 Å². The fourth-order valence-corrected chi connectivity index (χ4v) is 2.82. The van der Waals surface area contributed by atoms with Crippen LogP contribution in [0.5, 0.6) is 0 Å². The second-order valence-corrected chi connectivity index (χ2v) is 6.12. The van der Waals surface area contributed by atoms with Crippen LogP contribution in [0.3, 0.4) is 0 Å². The zero-order chi connectivity index (χ0) is 14.5. The third kappa shape index (κ3) is 9.17. The minimum Gasteiger partial charge on any atom is -0.353 e. The van der Waals surface area contributed by atoms with Crippen LogP contribution in [0.15, 0.2) is 12.2 Å². The van der Waals surface area contributed by atoms with Gasteiger partial charge in [-0.2, -0.15) is 0 Å². The maximum atomic E-state index is 11.0. The van der Waals surface area contributed by atoms with Gasteiger partial charge >= 0.3 is 0 Å². The van der Waals surface area contributed by atoms with Crippen molar-refractivity contribution >= 4 is 5.91 Å². The quantitative estimate of drug-likeness (QED) is 0.389. The second kappa shape index (κ2) is 12.0. The number of carbonyl (C=O) groups is 1. The number of rotatable bonds is 12. The summed E-state index contributed by atoms with van der Waals surface area (Å²) in [6.45, 7) is 2.27. The molecule has 1 aliphatic rings. The van der Waals surface area contributed by atoms with Gasteiger partial charge in [0, 0.05) is 12.5 Å². The standard InChI is InChI=1S/C18H33NO/c1-2-3-4-5-6-7-8-9-10-11-12-13-14-17-15-16-18(20)19-17/h9-10,17H,2-8,11-16H2,1H3,(H,19,20)/b10-9-/t17-/m1/s1. The van der Waals surface area contributed by atoms with Gasteiger partial charge in [0.15, 0.2) is 0 Å². The first kappa shape index (κ1) is 17.3. The smallest absolute Gasteiger partial charge is 0.220 e. The average Bonchev–Trinajstić information content (AvgIpc) is 2.86. The molecule has 0 aromatic heterocycles. The lowest BCUT2D eigenvalue weighted by Crippen LogP contribution is -2.24. The molecule has 2 heteroatoms. The summed E-state index contributed by atoms with van der Waals surface area (Å²) >= 11 is 0. The topological polar surface area (TPSA) is 29.1 Å². The van der Waals surface area contributed by atoms with E-state index in [-0.39, 0.29) is 5.91 Å². The van der Waals surface area contributed by atoms with Gasteiger partial charge in [-0.3, -0.25) is 4.79 Å². The molecule has 0 radical (unpaired) electrons. The molecule has 1 N–H and O–H groups in total. The summed E-state index contributed by atoms with van der Waals surface area (Å²) in [5.41, 5.74) is 0. The predicted molar refractivity (Wildman–Crippen MR) is 86.8 cm³/mol. The van der Waals surface area contributed by atoms with Gasteiger partial charge < -0.3 is 5.32 Å². The van der Waals surface area contributed by atoms with Crippen LogP contribution in [-0.4, -0.2) is 11.9 Å². The van der Waals surface area contributed by atoms with Crippen molar-refractivity contribution in [1.82, 2.24) is 5.32 Å². The van der Waals surface area contributed by atoms with E-state index < -0.39 is 0 Å². The summed E-state index contributed by atoms with van der Waals surface area (Å²) < 4.78 is 0. The molecule has 1 fully saturated rings. The molecule has 1 rings (SSSR count). The van der Waals surface area contributed by atoms with E-state index >= 15 is 0 Å². The van der Waals surface area contributed by atoms with E-state index in [1.54, 1.807) is 0 Å². The molecular formula is C18H33NO. The predicted octanol–water partition coefficient (Wildman–Crippen LogP) is 5.13. The molecule has 0 spiro atoms. The zero-order valence-electron chi connectivity index (χ0n) is 13.3. The normalized spacial score (nSPS) is 18.9. The van der Waals surface area contributed by atoms with Crippen molar-refractivity contribution in [2.24, 2.45) is 0 Å². The van der Waals surface area contributed by atoms with E-state index in [0.717, 1.165) is 19.3 Å². The molecule has 0 bridgehead atoms. The maximum absolute atomic E-state index is 11.0. The molecule has 0 saturated carbocycles. The lowest BCUT2D eigenvalue weighted by atomic mass is 10.1. The first-order chi connectivity index (χ1) is 9.83. The van der Waals surface area contributed by atoms with Gasteiger partial charge in [-0.05, 0) is 38.5 Å². The number of allylic oxidation sites excluding steroid dienone is 2. The molecular weight excluding hydrogens is 246 g/mol. The Labute approximate surface area is 125 Å². The van der Waals surface area contributed by atoms with E-state index in [4.69, 9.17) is 0 Å². The Morgan fingerprint density at radius 1 is 1.00 bits per heavy atom. The fraction of sp³-hybridized carbons (Fsp3) is 0.833. The second-order valence-electron chi connectivity index (χ2n) is 6.12. The van der Waals surface area contributed by atoms with Crippen LogP contribution in [0.2, 0.25) is 0 Å². The fourth-order valence-electron chi connectivity index (χ4n) is 2.82. The summed E-state index contributed by atoms with van der Waals surface area (Å²) in [4.78, 5) is 11.0. The van der Waals surface area contributed by atoms with Gasteiger partial charge in [0.25, 0.3) is 0 Å². The number of hydrogen-bond acceptors (Lipinski definition) is 1. The molecule has 0 unspecified atom stereocenters. The Kier molecular flexibility index (Phi) is 10.3. The van der Waals surface area contributed by atoms with Crippen LogP contribution in [0.1, 0.15) is 90.4 Å². The van der Waals surface area contributed by atoms with Crippen LogP contribution in [0.25, 0.3) is 0 Å². The van der Waals surface area contributed by atoms with Crippen molar-refractivity contribution in [1.29, 1.82) is 0 Å². The van der Waals surface area contributed by atoms with Gasteiger partial charge in [0.05, 0.1) is 0 Å². The van der Waals surface area contributed by atoms with Gasteiger partial charge in [-0.1, -0.05) is 57.6 Å². The summed E-state index contributed by atoms with van der Waals surface area (Å²) in [5, 5.41) is 3.04. The molecule has 1 aliphatic heterocycles. The minimum absolute atomic E-state index is 0.244. The monoisotopic (exact) mass is 279 g/mol. The Morgan fingerprint density at radius 3 is 2.30 bits per heavy atom. The number of nitrogens with one attached hydrogen (secondary N) is 1. The first-order valence-electron chi connectivity index (χ1n) is 8.77. The van der Waals surface area contributed by atoms with Crippen LogP contribution >= 0.6 is 0 Å². The van der Waals surface area contributed by atoms with Crippen LogP contribution < -0.4 is 5.32 Å². The minimum atomic E-state index is 0.244. The average molecular weight is 279 g/mol. The molecule has 0 aliphatic carbocycles. The molecule has 1 saturated heterocycles. The van der Waals surface area contributed by atoms with Crippen molar-refractivity contribution in [3.8, 4) is 0 Å². The largest absolute Gasteiger partial charge is 0.353 e. The van der Waals surface area contributed by atoms with Crippen molar-refractivity contribution in [3.63, 3.8) is 0 Å². The van der Waals surface area contributed by atoms with Crippen molar-refractivity contribution in [3.05, 3.63) is 12.2 Å². The molecule has 1 heterocycles. The van der Waals surface area contributed by atoms with Crippen LogP contribution in [-0.2, 0) is 4.79 Å². The zero-order valence-corrected chi connectivity index (χ0v) is 13.3. The lowest BCUT2D eigenvalue weighted by molar-refractivity contribution is -0.119. The van der Waals surface area contributed by atoms with Gasteiger partial charge in [-0.25, -0.2) is 0 Å².